The number of amides is 1. The Hall–Kier alpha value is -1.83. The van der Waals surface area contributed by atoms with E-state index in [1.54, 1.807) is 30.3 Å². The van der Waals surface area contributed by atoms with E-state index in [-0.39, 0.29) is 6.09 Å². The smallest absolute Gasteiger partial charge is 0.410 e. The summed E-state index contributed by atoms with van der Waals surface area (Å²) in [6, 6.07) is 0. The third-order valence-corrected chi connectivity index (χ3v) is 4.17. The van der Waals surface area contributed by atoms with Crippen molar-refractivity contribution >= 4 is 23.4 Å². The Kier molecular flexibility index (Phi) is 7.97. The monoisotopic (exact) mass is 355 g/mol. The quantitative estimate of drug-likeness (QED) is 0.604. The molecule has 0 fully saturated rings. The molecule has 1 aromatic heterocycles. The molecule has 0 radical (unpaired) electrons. The van der Waals surface area contributed by atoms with E-state index in [1.165, 1.54) is 4.88 Å². The van der Waals surface area contributed by atoms with Crippen LogP contribution in [0.3, 0.4) is 0 Å². The average molecular weight is 356 g/mol. The summed E-state index contributed by atoms with van der Waals surface area (Å²) < 4.78 is 5.31. The highest BCUT2D eigenvalue weighted by Crippen LogP contribution is 2.12. The van der Waals surface area contributed by atoms with E-state index in [4.69, 9.17) is 4.74 Å². The lowest BCUT2D eigenvalue weighted by Gasteiger charge is -2.24. The number of carbonyl (C=O) groups is 1. The highest BCUT2D eigenvalue weighted by molar-refractivity contribution is 7.11. The molecule has 1 heterocycles. The molecule has 1 rings (SSSR count). The Morgan fingerprint density at radius 3 is 2.67 bits per heavy atom. The molecular formula is C16H29N5O2S. The fraction of sp³-hybridized carbons (Fsp3) is 0.688. The fourth-order valence-corrected chi connectivity index (χ4v) is 2.55. The Balaban J connectivity index is 2.32. The lowest BCUT2D eigenvalue weighted by Crippen LogP contribution is -2.42. The second-order valence-electron chi connectivity index (χ2n) is 6.33. The SMILES string of the molecule is CCc1cnc(CNC(=NC)NCCN(C)C(=O)OC(C)(C)C)s1. The summed E-state index contributed by atoms with van der Waals surface area (Å²) in [6.07, 6.45) is 2.58. The Morgan fingerprint density at radius 1 is 1.42 bits per heavy atom. The van der Waals surface area contributed by atoms with Crippen molar-refractivity contribution in [2.75, 3.05) is 27.2 Å². The molecule has 1 aromatic rings. The van der Waals surface area contributed by atoms with Crippen LogP contribution in [0, 0.1) is 0 Å². The number of ether oxygens (including phenoxy) is 1. The molecule has 0 atom stereocenters. The van der Waals surface area contributed by atoms with E-state index in [9.17, 15) is 4.79 Å². The number of guanidine groups is 1. The standard InChI is InChI=1S/C16H29N5O2S/c1-7-12-10-19-13(24-12)11-20-14(17-5)18-8-9-21(6)15(22)23-16(2,3)4/h10H,7-9,11H2,1-6H3,(H2,17,18,20). The maximum atomic E-state index is 11.9. The molecular weight excluding hydrogens is 326 g/mol. The molecule has 0 unspecified atom stereocenters. The number of likely N-dealkylation sites (N-methyl/N-ethyl adjacent to an activating group) is 1. The van der Waals surface area contributed by atoms with Gasteiger partial charge in [-0.1, -0.05) is 6.92 Å². The molecule has 0 saturated carbocycles. The maximum Gasteiger partial charge on any atom is 0.410 e. The Bertz CT molecular complexity index is 551. The maximum absolute atomic E-state index is 11.9. The number of aromatic nitrogens is 1. The van der Waals surface area contributed by atoms with Gasteiger partial charge in [0.15, 0.2) is 5.96 Å². The average Bonchev–Trinajstić information content (AvgIpc) is 2.96. The number of hydrogen-bond donors (Lipinski definition) is 2. The van der Waals surface area contributed by atoms with Gasteiger partial charge in [0.2, 0.25) is 0 Å². The van der Waals surface area contributed by atoms with Crippen molar-refractivity contribution in [3.05, 3.63) is 16.1 Å². The molecule has 0 bridgehead atoms. The Labute approximate surface area is 148 Å². The molecule has 0 aliphatic rings. The molecule has 136 valence electrons. The van der Waals surface area contributed by atoms with Crippen LogP contribution in [-0.2, 0) is 17.7 Å². The molecule has 0 aromatic carbocycles. The summed E-state index contributed by atoms with van der Waals surface area (Å²) >= 11 is 1.70. The molecule has 8 heteroatoms. The first kappa shape index (κ1) is 20.2. The fourth-order valence-electron chi connectivity index (χ4n) is 1.75. The molecule has 0 saturated heterocycles. The van der Waals surface area contributed by atoms with E-state index in [2.05, 4.69) is 27.5 Å². The second kappa shape index (κ2) is 9.46. The van der Waals surface area contributed by atoms with Crippen molar-refractivity contribution in [2.45, 2.75) is 46.3 Å². The number of thiazole rings is 1. The normalized spacial score (nSPS) is 12.0. The largest absolute Gasteiger partial charge is 0.444 e. The highest BCUT2D eigenvalue weighted by Gasteiger charge is 2.19. The van der Waals surface area contributed by atoms with Crippen molar-refractivity contribution in [1.29, 1.82) is 0 Å². The predicted molar refractivity (Wildman–Crippen MR) is 98.6 cm³/mol. The van der Waals surface area contributed by atoms with Crippen LogP contribution in [0.2, 0.25) is 0 Å². The molecule has 1 amide bonds. The Morgan fingerprint density at radius 2 is 2.12 bits per heavy atom. The van der Waals surface area contributed by atoms with Crippen LogP contribution in [0.25, 0.3) is 0 Å². The number of aryl methyl sites for hydroxylation is 1. The number of nitrogens with zero attached hydrogens (tertiary/aromatic N) is 3. The molecule has 0 aliphatic carbocycles. The van der Waals surface area contributed by atoms with Crippen molar-refractivity contribution in [1.82, 2.24) is 20.5 Å². The van der Waals surface area contributed by atoms with Crippen molar-refractivity contribution in [2.24, 2.45) is 4.99 Å². The highest BCUT2D eigenvalue weighted by atomic mass is 32.1. The van der Waals surface area contributed by atoms with Crippen LogP contribution in [0.5, 0.6) is 0 Å². The summed E-state index contributed by atoms with van der Waals surface area (Å²) in [5.41, 5.74) is -0.485. The van der Waals surface area contributed by atoms with Gasteiger partial charge in [-0.3, -0.25) is 4.99 Å². The molecule has 0 spiro atoms. The van der Waals surface area contributed by atoms with Crippen LogP contribution in [0.15, 0.2) is 11.2 Å². The number of rotatable bonds is 6. The van der Waals surface area contributed by atoms with Crippen LogP contribution >= 0.6 is 11.3 Å². The summed E-state index contributed by atoms with van der Waals surface area (Å²) in [5.74, 6) is 0.681. The topological polar surface area (TPSA) is 78.9 Å². The molecule has 7 nitrogen and oxygen atoms in total. The number of aliphatic imine (C=N–C) groups is 1. The summed E-state index contributed by atoms with van der Waals surface area (Å²) in [5, 5.41) is 7.42. The van der Waals surface area contributed by atoms with Crippen molar-refractivity contribution in [3.8, 4) is 0 Å². The van der Waals surface area contributed by atoms with Crippen molar-refractivity contribution < 1.29 is 9.53 Å². The van der Waals surface area contributed by atoms with Crippen LogP contribution in [0.1, 0.15) is 37.6 Å². The molecule has 24 heavy (non-hydrogen) atoms. The van der Waals surface area contributed by atoms with Crippen LogP contribution in [-0.4, -0.2) is 54.7 Å². The van der Waals surface area contributed by atoms with E-state index in [0.29, 0.717) is 25.6 Å². The van der Waals surface area contributed by atoms with E-state index in [1.807, 2.05) is 27.0 Å². The lowest BCUT2D eigenvalue weighted by atomic mass is 10.2. The van der Waals surface area contributed by atoms with Gasteiger partial charge < -0.3 is 20.3 Å². The van der Waals surface area contributed by atoms with Gasteiger partial charge >= 0.3 is 6.09 Å². The van der Waals surface area contributed by atoms with Crippen molar-refractivity contribution in [3.63, 3.8) is 0 Å². The number of nitrogens with one attached hydrogen (secondary N) is 2. The van der Waals surface area contributed by atoms with E-state index < -0.39 is 5.60 Å². The predicted octanol–water partition coefficient (Wildman–Crippen LogP) is 2.24. The van der Waals surface area contributed by atoms with Gasteiger partial charge in [0.25, 0.3) is 0 Å². The minimum atomic E-state index is -0.485. The third-order valence-electron chi connectivity index (χ3n) is 3.03. The summed E-state index contributed by atoms with van der Waals surface area (Å²) in [7, 11) is 3.43. The van der Waals surface area contributed by atoms with E-state index >= 15 is 0 Å². The van der Waals surface area contributed by atoms with Gasteiger partial charge in [-0.2, -0.15) is 0 Å². The van der Waals surface area contributed by atoms with Crippen LogP contribution in [0.4, 0.5) is 4.79 Å². The minimum absolute atomic E-state index is 0.331. The zero-order valence-electron chi connectivity index (χ0n) is 15.5. The first-order valence-electron chi connectivity index (χ1n) is 8.07. The lowest BCUT2D eigenvalue weighted by molar-refractivity contribution is 0.0302. The van der Waals surface area contributed by atoms with Gasteiger partial charge in [-0.05, 0) is 27.2 Å². The van der Waals surface area contributed by atoms with E-state index in [0.717, 1.165) is 11.4 Å². The first-order chi connectivity index (χ1) is 11.2. The molecule has 0 aliphatic heterocycles. The minimum Gasteiger partial charge on any atom is -0.444 e. The zero-order chi connectivity index (χ0) is 18.2. The van der Waals surface area contributed by atoms with Gasteiger partial charge in [0.1, 0.15) is 10.6 Å². The first-order valence-corrected chi connectivity index (χ1v) is 8.89. The zero-order valence-corrected chi connectivity index (χ0v) is 16.3. The van der Waals surface area contributed by atoms with Gasteiger partial charge in [0.05, 0.1) is 6.54 Å². The van der Waals surface area contributed by atoms with Gasteiger partial charge in [-0.25, -0.2) is 9.78 Å². The summed E-state index contributed by atoms with van der Waals surface area (Å²) in [6.45, 7) is 9.40. The second-order valence-corrected chi connectivity index (χ2v) is 7.53. The number of hydrogen-bond acceptors (Lipinski definition) is 5. The van der Waals surface area contributed by atoms with Gasteiger partial charge in [0, 0.05) is 38.3 Å². The van der Waals surface area contributed by atoms with Crippen LogP contribution < -0.4 is 10.6 Å². The third kappa shape index (κ3) is 7.63. The number of carbonyl (C=O) groups excluding carboxylic acids is 1. The molecule has 2 N–H and O–H groups in total. The van der Waals surface area contributed by atoms with Gasteiger partial charge in [-0.15, -0.1) is 11.3 Å². The summed E-state index contributed by atoms with van der Waals surface area (Å²) in [4.78, 5) is 23.2.